The largest absolute Gasteiger partial charge is 0.492 e. The van der Waals surface area contributed by atoms with Crippen molar-refractivity contribution >= 4 is 34.2 Å². The van der Waals surface area contributed by atoms with E-state index in [0.717, 1.165) is 0 Å². The molecule has 0 amide bonds. The lowest BCUT2D eigenvalue weighted by atomic mass is 9.79. The van der Waals surface area contributed by atoms with Crippen molar-refractivity contribution in [3.8, 4) is 11.6 Å². The molecule has 2 heterocycles. The zero-order valence-corrected chi connectivity index (χ0v) is 18.0. The van der Waals surface area contributed by atoms with Crippen LogP contribution in [0, 0.1) is 17.0 Å². The maximum absolute atomic E-state index is 14.3. The Hall–Kier alpha value is -3.13. The number of aromatic nitrogens is 1. The molecule has 0 radical (unpaired) electrons. The van der Waals surface area contributed by atoms with Crippen LogP contribution >= 0.6 is 11.6 Å². The summed E-state index contributed by atoms with van der Waals surface area (Å²) in [6.45, 7) is 0.584. The maximum atomic E-state index is 14.3. The van der Waals surface area contributed by atoms with E-state index in [4.69, 9.17) is 21.1 Å². The molecule has 0 unspecified atom stereocenters. The molecule has 0 saturated carbocycles. The number of aliphatic carboxylic acids is 1. The van der Waals surface area contributed by atoms with Crippen molar-refractivity contribution in [2.45, 2.75) is 12.8 Å². The van der Waals surface area contributed by atoms with Crippen molar-refractivity contribution in [3.05, 3.63) is 59.1 Å². The molecule has 3 aromatic rings. The molecule has 1 saturated heterocycles. The number of anilines is 1. The highest BCUT2D eigenvalue weighted by Crippen LogP contribution is 2.37. The standard InChI is InChI=1S/C23H21ClF2N2O4/c1-31-20-7-3-15-19(6-4-16(25)21(15)27-20)32-13-23(22(29)30)8-10-28(11-9-23)18-5-2-14(24)12-17(18)26/h2-7,12H,8-11,13H2,1H3,(H,29,30). The molecule has 4 rings (SSSR count). The molecule has 1 aliphatic heterocycles. The lowest BCUT2D eigenvalue weighted by molar-refractivity contribution is -0.152. The molecule has 1 fully saturated rings. The lowest BCUT2D eigenvalue weighted by Gasteiger charge is -2.39. The number of pyridine rings is 1. The predicted octanol–water partition coefficient (Wildman–Crippen LogP) is 4.93. The summed E-state index contributed by atoms with van der Waals surface area (Å²) in [4.78, 5) is 18.1. The molecule has 168 valence electrons. The van der Waals surface area contributed by atoms with E-state index in [2.05, 4.69) is 4.98 Å². The Morgan fingerprint density at radius 1 is 1.16 bits per heavy atom. The number of piperidine rings is 1. The summed E-state index contributed by atoms with van der Waals surface area (Å²) in [5.41, 5.74) is -0.682. The first-order chi connectivity index (χ1) is 15.3. The first-order valence-corrected chi connectivity index (χ1v) is 10.4. The summed E-state index contributed by atoms with van der Waals surface area (Å²) in [6, 6.07) is 10.3. The number of nitrogens with zero attached hydrogens (tertiary/aromatic N) is 2. The van der Waals surface area contributed by atoms with E-state index in [-0.39, 0.29) is 30.8 Å². The molecular weight excluding hydrogens is 442 g/mol. The number of carboxylic acids is 1. The molecule has 6 nitrogen and oxygen atoms in total. The third-order valence-corrected chi connectivity index (χ3v) is 6.12. The van der Waals surface area contributed by atoms with Gasteiger partial charge < -0.3 is 19.5 Å². The SMILES string of the molecule is COc1ccc2c(OCC3(C(=O)O)CCN(c4ccc(Cl)cc4F)CC3)ccc(F)c2n1. The molecule has 1 aromatic heterocycles. The Morgan fingerprint density at radius 2 is 1.91 bits per heavy atom. The van der Waals surface area contributed by atoms with Crippen molar-refractivity contribution in [2.75, 3.05) is 31.7 Å². The number of fused-ring (bicyclic) bond motifs is 1. The number of hydrogen-bond donors (Lipinski definition) is 1. The second kappa shape index (κ2) is 8.78. The summed E-state index contributed by atoms with van der Waals surface area (Å²) < 4.78 is 39.4. The highest BCUT2D eigenvalue weighted by molar-refractivity contribution is 6.30. The average Bonchev–Trinajstić information content (AvgIpc) is 2.79. The van der Waals surface area contributed by atoms with E-state index in [9.17, 15) is 18.7 Å². The molecule has 0 bridgehead atoms. The number of rotatable bonds is 6. The number of methoxy groups -OCH3 is 1. The Kier molecular flexibility index (Phi) is 6.06. The van der Waals surface area contributed by atoms with Gasteiger partial charge in [0.15, 0.2) is 0 Å². The van der Waals surface area contributed by atoms with Crippen molar-refractivity contribution in [1.29, 1.82) is 0 Å². The minimum absolute atomic E-state index is 0.0826. The van der Waals surface area contributed by atoms with Gasteiger partial charge in [0.25, 0.3) is 0 Å². The Balaban J connectivity index is 1.53. The first kappa shape index (κ1) is 22.1. The van der Waals surface area contributed by atoms with Gasteiger partial charge in [0.05, 0.1) is 12.8 Å². The van der Waals surface area contributed by atoms with Crippen LogP contribution in [-0.2, 0) is 4.79 Å². The summed E-state index contributed by atoms with van der Waals surface area (Å²) in [5.74, 6) is -1.37. The van der Waals surface area contributed by atoms with Crippen LogP contribution < -0.4 is 14.4 Å². The van der Waals surface area contributed by atoms with Crippen LogP contribution in [0.15, 0.2) is 42.5 Å². The Bertz CT molecular complexity index is 1170. The Labute approximate surface area is 188 Å². The molecule has 2 aromatic carbocycles. The van der Waals surface area contributed by atoms with Crippen LogP contribution in [0.5, 0.6) is 11.6 Å². The van der Waals surface area contributed by atoms with Gasteiger partial charge in [0, 0.05) is 29.6 Å². The zero-order valence-electron chi connectivity index (χ0n) is 17.3. The molecule has 9 heteroatoms. The van der Waals surface area contributed by atoms with Gasteiger partial charge in [-0.1, -0.05) is 11.6 Å². The molecule has 32 heavy (non-hydrogen) atoms. The monoisotopic (exact) mass is 462 g/mol. The molecule has 1 N–H and O–H groups in total. The van der Waals surface area contributed by atoms with Gasteiger partial charge in [-0.25, -0.2) is 13.8 Å². The minimum Gasteiger partial charge on any atom is -0.492 e. The van der Waals surface area contributed by atoms with Gasteiger partial charge in [0.2, 0.25) is 5.88 Å². The molecule has 0 spiro atoms. The highest BCUT2D eigenvalue weighted by atomic mass is 35.5. The molecule has 0 aliphatic carbocycles. The van der Waals surface area contributed by atoms with Gasteiger partial charge in [-0.2, -0.15) is 0 Å². The van der Waals surface area contributed by atoms with Crippen LogP contribution in [0.1, 0.15) is 12.8 Å². The highest BCUT2D eigenvalue weighted by Gasteiger charge is 2.43. The van der Waals surface area contributed by atoms with Gasteiger partial charge >= 0.3 is 5.97 Å². The number of benzene rings is 2. The topological polar surface area (TPSA) is 71.9 Å². The normalized spacial score (nSPS) is 15.6. The molecular formula is C23H21ClF2N2O4. The third-order valence-electron chi connectivity index (χ3n) is 5.88. The van der Waals surface area contributed by atoms with Crippen molar-refractivity contribution in [2.24, 2.45) is 5.41 Å². The fraction of sp³-hybridized carbons (Fsp3) is 0.304. The lowest BCUT2D eigenvalue weighted by Crippen LogP contribution is -2.48. The Morgan fingerprint density at radius 3 is 2.56 bits per heavy atom. The van der Waals surface area contributed by atoms with E-state index >= 15 is 0 Å². The van der Waals surface area contributed by atoms with Gasteiger partial charge in [-0.15, -0.1) is 0 Å². The zero-order chi connectivity index (χ0) is 22.9. The van der Waals surface area contributed by atoms with Crippen LogP contribution in [0.3, 0.4) is 0 Å². The first-order valence-electron chi connectivity index (χ1n) is 10.0. The summed E-state index contributed by atoms with van der Waals surface area (Å²) in [5, 5.41) is 10.7. The van der Waals surface area contributed by atoms with Gasteiger partial charge in [0.1, 0.15) is 34.9 Å². The van der Waals surface area contributed by atoms with E-state index in [0.29, 0.717) is 34.9 Å². The molecule has 0 atom stereocenters. The van der Waals surface area contributed by atoms with Crippen molar-refractivity contribution in [3.63, 3.8) is 0 Å². The fourth-order valence-corrected chi connectivity index (χ4v) is 4.09. The second-order valence-electron chi connectivity index (χ2n) is 7.75. The van der Waals surface area contributed by atoms with Gasteiger partial charge in [-0.05, 0) is 49.2 Å². The maximum Gasteiger partial charge on any atom is 0.313 e. The number of hydrogen-bond acceptors (Lipinski definition) is 5. The van der Waals surface area contributed by atoms with Crippen LogP contribution in [0.2, 0.25) is 5.02 Å². The van der Waals surface area contributed by atoms with Crippen LogP contribution in [0.4, 0.5) is 14.5 Å². The number of ether oxygens (including phenoxy) is 2. The third kappa shape index (κ3) is 4.14. The van der Waals surface area contributed by atoms with E-state index in [1.807, 2.05) is 0 Å². The number of carbonyl (C=O) groups is 1. The van der Waals surface area contributed by atoms with E-state index < -0.39 is 23.0 Å². The number of carboxylic acid groups (broad SMARTS) is 1. The quantitative estimate of drug-likeness (QED) is 0.560. The summed E-state index contributed by atoms with van der Waals surface area (Å²) in [6.07, 6.45) is 0.519. The minimum atomic E-state index is -1.15. The predicted molar refractivity (Wildman–Crippen MR) is 117 cm³/mol. The van der Waals surface area contributed by atoms with Crippen molar-refractivity contribution in [1.82, 2.24) is 4.98 Å². The summed E-state index contributed by atoms with van der Waals surface area (Å²) >= 11 is 5.82. The van der Waals surface area contributed by atoms with Gasteiger partial charge in [-0.3, -0.25) is 4.79 Å². The smallest absolute Gasteiger partial charge is 0.313 e. The average molecular weight is 463 g/mol. The van der Waals surface area contributed by atoms with Crippen molar-refractivity contribution < 1.29 is 28.2 Å². The van der Waals surface area contributed by atoms with Crippen LogP contribution in [0.25, 0.3) is 10.9 Å². The fourth-order valence-electron chi connectivity index (χ4n) is 3.93. The van der Waals surface area contributed by atoms with E-state index in [1.54, 1.807) is 29.2 Å². The van der Waals surface area contributed by atoms with Crippen LogP contribution in [-0.4, -0.2) is 42.9 Å². The van der Waals surface area contributed by atoms with E-state index in [1.165, 1.54) is 25.3 Å². The molecule has 1 aliphatic rings. The summed E-state index contributed by atoms with van der Waals surface area (Å²) in [7, 11) is 1.44. The second-order valence-corrected chi connectivity index (χ2v) is 8.19. The number of halogens is 3.